The molecule has 1 aliphatic carbocycles. The highest BCUT2D eigenvalue weighted by atomic mass is 32.2. The van der Waals surface area contributed by atoms with Crippen LogP contribution in [0.4, 0.5) is 0 Å². The average Bonchev–Trinajstić information content (AvgIpc) is 3.62. The van der Waals surface area contributed by atoms with E-state index in [0.29, 0.717) is 6.61 Å². The molecule has 2 aromatic rings. The van der Waals surface area contributed by atoms with Crippen molar-refractivity contribution in [2.24, 2.45) is 15.4 Å². The van der Waals surface area contributed by atoms with Crippen LogP contribution in [-0.2, 0) is 9.53 Å². The maximum atomic E-state index is 12.6. The smallest absolute Gasteiger partial charge is 0.318 e. The van der Waals surface area contributed by atoms with Crippen LogP contribution in [0.2, 0.25) is 0 Å². The Bertz CT molecular complexity index is 1170. The minimum absolute atomic E-state index is 0.170. The minimum atomic E-state index is -0.584. The minimum Gasteiger partial charge on any atom is -0.465 e. The summed E-state index contributed by atoms with van der Waals surface area (Å²) in [6, 6.07) is 20.4. The number of hydrogen-bond donors (Lipinski definition) is 1. The summed E-state index contributed by atoms with van der Waals surface area (Å²) >= 11 is 1.60. The van der Waals surface area contributed by atoms with Crippen molar-refractivity contribution < 1.29 is 9.53 Å². The van der Waals surface area contributed by atoms with E-state index in [2.05, 4.69) is 36.2 Å². The first kappa shape index (κ1) is 24.7. The van der Waals surface area contributed by atoms with Gasteiger partial charge in [0.1, 0.15) is 5.41 Å². The molecule has 180 valence electrons. The van der Waals surface area contributed by atoms with Crippen molar-refractivity contribution in [1.82, 2.24) is 5.32 Å². The SMILES string of the molecule is C=CC(/C=C(\NC)C1(C(=O)OCC)CC1)=C1/SC(N=C(c2ccccc2)c2ccccc2)N=C1C. The molecule has 1 N–H and O–H groups in total. The molecule has 5 nitrogen and oxygen atoms in total. The van der Waals surface area contributed by atoms with Crippen molar-refractivity contribution in [3.63, 3.8) is 0 Å². The van der Waals surface area contributed by atoms with Crippen LogP contribution in [0.3, 0.4) is 0 Å². The number of carbonyl (C=O) groups is 1. The summed E-state index contributed by atoms with van der Waals surface area (Å²) in [4.78, 5) is 23.6. The highest BCUT2D eigenvalue weighted by molar-refractivity contribution is 8.05. The molecule has 0 saturated heterocycles. The maximum absolute atomic E-state index is 12.6. The summed E-state index contributed by atoms with van der Waals surface area (Å²) in [7, 11) is 1.85. The van der Waals surface area contributed by atoms with E-state index in [9.17, 15) is 4.79 Å². The van der Waals surface area contributed by atoms with Gasteiger partial charge < -0.3 is 10.1 Å². The van der Waals surface area contributed by atoms with E-state index < -0.39 is 5.41 Å². The lowest BCUT2D eigenvalue weighted by molar-refractivity contribution is -0.148. The molecular formula is C29H31N3O2S. The zero-order valence-electron chi connectivity index (χ0n) is 20.5. The first-order valence-electron chi connectivity index (χ1n) is 11.9. The number of ether oxygens (including phenoxy) is 1. The largest absolute Gasteiger partial charge is 0.465 e. The molecule has 1 aliphatic heterocycles. The number of carbonyl (C=O) groups excluding carboxylic acids is 1. The van der Waals surface area contributed by atoms with Crippen LogP contribution in [0.25, 0.3) is 0 Å². The van der Waals surface area contributed by atoms with Gasteiger partial charge in [-0.05, 0) is 38.3 Å². The van der Waals surface area contributed by atoms with E-state index >= 15 is 0 Å². The first-order chi connectivity index (χ1) is 17.0. The Labute approximate surface area is 211 Å². The fourth-order valence-corrected chi connectivity index (χ4v) is 5.27. The highest BCUT2D eigenvalue weighted by Gasteiger charge is 2.54. The second-order valence-electron chi connectivity index (χ2n) is 8.47. The van der Waals surface area contributed by atoms with Gasteiger partial charge in [-0.1, -0.05) is 85.1 Å². The molecule has 0 spiro atoms. The number of aliphatic imine (C=N–C) groups is 2. The van der Waals surface area contributed by atoms with Crippen LogP contribution in [-0.4, -0.2) is 36.5 Å². The molecule has 0 radical (unpaired) electrons. The number of allylic oxidation sites excluding steroid dienone is 4. The topological polar surface area (TPSA) is 63.0 Å². The van der Waals surface area contributed by atoms with Crippen LogP contribution in [0.1, 0.15) is 37.8 Å². The van der Waals surface area contributed by atoms with E-state index in [1.165, 1.54) is 0 Å². The van der Waals surface area contributed by atoms with Crippen molar-refractivity contribution in [2.45, 2.75) is 32.2 Å². The summed E-state index contributed by atoms with van der Waals surface area (Å²) in [6.07, 6.45) is 5.40. The zero-order valence-corrected chi connectivity index (χ0v) is 21.3. The fraction of sp³-hybridized carbons (Fsp3) is 0.276. The third kappa shape index (κ3) is 5.33. The average molecular weight is 486 g/mol. The Morgan fingerprint density at radius 2 is 1.77 bits per heavy atom. The van der Waals surface area contributed by atoms with Crippen molar-refractivity contribution in [1.29, 1.82) is 0 Å². The third-order valence-corrected chi connectivity index (χ3v) is 7.36. The number of nitrogens with zero attached hydrogens (tertiary/aromatic N) is 2. The normalized spacial score (nSPS) is 19.9. The van der Waals surface area contributed by atoms with Gasteiger partial charge in [-0.3, -0.25) is 9.79 Å². The van der Waals surface area contributed by atoms with Gasteiger partial charge in [0.2, 0.25) is 0 Å². The van der Waals surface area contributed by atoms with E-state index in [1.54, 1.807) is 11.8 Å². The van der Waals surface area contributed by atoms with E-state index in [0.717, 1.165) is 51.6 Å². The van der Waals surface area contributed by atoms with Crippen LogP contribution in [0, 0.1) is 5.41 Å². The lowest BCUT2D eigenvalue weighted by atomic mass is 9.99. The highest BCUT2D eigenvalue weighted by Crippen LogP contribution is 2.52. The standard InChI is InChI=1S/C29H31N3O2S/c1-5-21(19-24(30-4)29(17-18-29)27(33)34-6-2)26-20(3)31-28(35-26)32-25(22-13-9-7-10-14-22)23-15-11-8-12-16-23/h5,7-16,19,28,30H,1,6,17-18H2,2-4H3/b24-19-,26-21-. The molecule has 2 aromatic carbocycles. The summed E-state index contributed by atoms with van der Waals surface area (Å²) in [5.74, 6) is -0.170. The summed E-state index contributed by atoms with van der Waals surface area (Å²) in [6.45, 7) is 8.25. The molecule has 1 unspecified atom stereocenters. The van der Waals surface area contributed by atoms with Crippen LogP contribution < -0.4 is 5.32 Å². The predicted molar refractivity (Wildman–Crippen MR) is 146 cm³/mol. The summed E-state index contributed by atoms with van der Waals surface area (Å²) < 4.78 is 5.35. The Kier molecular flexibility index (Phi) is 7.71. The van der Waals surface area contributed by atoms with Gasteiger partial charge >= 0.3 is 5.97 Å². The molecule has 1 saturated carbocycles. The molecule has 1 heterocycles. The molecule has 4 rings (SSSR count). The number of thioether (sulfide) groups is 1. The number of benzene rings is 2. The monoisotopic (exact) mass is 485 g/mol. The van der Waals surface area contributed by atoms with Crippen LogP contribution in [0.5, 0.6) is 0 Å². The van der Waals surface area contributed by atoms with Crippen molar-refractivity contribution in [3.8, 4) is 0 Å². The van der Waals surface area contributed by atoms with Gasteiger partial charge in [0.25, 0.3) is 0 Å². The second-order valence-corrected chi connectivity index (χ2v) is 9.53. The Morgan fingerprint density at radius 3 is 2.26 bits per heavy atom. The van der Waals surface area contributed by atoms with E-state index in [1.807, 2.05) is 69.4 Å². The molecule has 0 aromatic heterocycles. The van der Waals surface area contributed by atoms with Gasteiger partial charge in [-0.25, -0.2) is 4.99 Å². The quantitative estimate of drug-likeness (QED) is 0.355. The van der Waals surface area contributed by atoms with E-state index in [-0.39, 0.29) is 11.5 Å². The molecule has 2 aliphatic rings. The summed E-state index contributed by atoms with van der Waals surface area (Å²) in [5, 5.41) is 3.24. The van der Waals surface area contributed by atoms with Crippen molar-refractivity contribution in [2.75, 3.05) is 13.7 Å². The fourth-order valence-electron chi connectivity index (χ4n) is 4.19. The van der Waals surface area contributed by atoms with Crippen LogP contribution in [0.15, 0.2) is 106 Å². The van der Waals surface area contributed by atoms with Gasteiger partial charge in [-0.15, -0.1) is 0 Å². The third-order valence-electron chi connectivity index (χ3n) is 6.17. The van der Waals surface area contributed by atoms with Gasteiger partial charge in [0, 0.05) is 34.5 Å². The lowest BCUT2D eigenvalue weighted by Crippen LogP contribution is -2.27. The van der Waals surface area contributed by atoms with E-state index in [4.69, 9.17) is 14.7 Å². The molecule has 0 bridgehead atoms. The Balaban J connectivity index is 1.68. The van der Waals surface area contributed by atoms with Crippen molar-refractivity contribution >= 4 is 29.2 Å². The molecule has 0 amide bonds. The second kappa shape index (κ2) is 10.9. The maximum Gasteiger partial charge on any atom is 0.318 e. The Hall–Kier alpha value is -3.38. The van der Waals surface area contributed by atoms with Gasteiger partial charge in [0.15, 0.2) is 5.50 Å². The summed E-state index contributed by atoms with van der Waals surface area (Å²) in [5.41, 5.74) is 4.81. The molecule has 1 atom stereocenters. The van der Waals surface area contributed by atoms with Gasteiger partial charge in [0.05, 0.1) is 12.3 Å². The molecule has 35 heavy (non-hydrogen) atoms. The first-order valence-corrected chi connectivity index (χ1v) is 12.7. The predicted octanol–water partition coefficient (Wildman–Crippen LogP) is 5.90. The number of hydrogen-bond acceptors (Lipinski definition) is 6. The van der Waals surface area contributed by atoms with Crippen molar-refractivity contribution in [3.05, 3.63) is 107 Å². The number of esters is 1. The van der Waals surface area contributed by atoms with Crippen LogP contribution >= 0.6 is 11.8 Å². The lowest BCUT2D eigenvalue weighted by Gasteiger charge is -2.18. The number of rotatable bonds is 9. The van der Waals surface area contributed by atoms with Gasteiger partial charge in [-0.2, -0.15) is 0 Å². The molecule has 1 fully saturated rings. The molecular weight excluding hydrogens is 454 g/mol. The Morgan fingerprint density at radius 1 is 1.17 bits per heavy atom. The zero-order chi connectivity index (χ0) is 24.8. The number of nitrogens with one attached hydrogen (secondary N) is 1. The molecule has 6 heteroatoms.